The molecule has 0 bridgehead atoms. The van der Waals surface area contributed by atoms with Crippen molar-refractivity contribution in [2.24, 2.45) is 0 Å². The molecule has 3 aromatic rings. The molecule has 1 heterocycles. The number of methoxy groups -OCH3 is 3. The molecular formula is C24H24N2O6S. The van der Waals surface area contributed by atoms with E-state index in [9.17, 15) is 14.4 Å². The largest absolute Gasteiger partial charge is 0.497 e. The monoisotopic (exact) mass is 468 g/mol. The van der Waals surface area contributed by atoms with Gasteiger partial charge in [0.15, 0.2) is 0 Å². The Morgan fingerprint density at radius 1 is 0.879 bits per heavy atom. The minimum Gasteiger partial charge on any atom is -0.497 e. The van der Waals surface area contributed by atoms with Crippen LogP contribution in [0.3, 0.4) is 0 Å². The topological polar surface area (TPSA) is 103 Å². The van der Waals surface area contributed by atoms with Crippen LogP contribution in [0.1, 0.15) is 41.5 Å². The fourth-order valence-electron chi connectivity index (χ4n) is 3.25. The van der Waals surface area contributed by atoms with Gasteiger partial charge in [0.25, 0.3) is 11.8 Å². The van der Waals surface area contributed by atoms with Crippen molar-refractivity contribution in [3.05, 3.63) is 69.6 Å². The average molecular weight is 469 g/mol. The molecule has 8 nitrogen and oxygen atoms in total. The average Bonchev–Trinajstić information content (AvgIpc) is 3.14. The molecular weight excluding hydrogens is 444 g/mol. The molecule has 0 unspecified atom stereocenters. The zero-order valence-corrected chi connectivity index (χ0v) is 19.7. The molecule has 0 atom stereocenters. The summed E-state index contributed by atoms with van der Waals surface area (Å²) in [5, 5.41) is 5.78. The van der Waals surface area contributed by atoms with Crippen molar-refractivity contribution >= 4 is 39.8 Å². The van der Waals surface area contributed by atoms with Gasteiger partial charge in [-0.05, 0) is 43.2 Å². The van der Waals surface area contributed by atoms with Crippen LogP contribution in [0.15, 0.2) is 42.5 Å². The van der Waals surface area contributed by atoms with Crippen LogP contribution in [0.25, 0.3) is 0 Å². The van der Waals surface area contributed by atoms with Gasteiger partial charge < -0.3 is 24.8 Å². The van der Waals surface area contributed by atoms with E-state index < -0.39 is 11.9 Å². The molecule has 2 N–H and O–H groups in total. The summed E-state index contributed by atoms with van der Waals surface area (Å²) >= 11 is 0.993. The third kappa shape index (κ3) is 4.98. The van der Waals surface area contributed by atoms with E-state index in [1.807, 2.05) is 19.1 Å². The minimum atomic E-state index is -0.651. The molecule has 0 fully saturated rings. The fourth-order valence-corrected chi connectivity index (χ4v) is 4.34. The minimum absolute atomic E-state index is 0.132. The number of hydrogen-bond acceptors (Lipinski definition) is 7. The summed E-state index contributed by atoms with van der Waals surface area (Å²) in [6, 6.07) is 12.1. The van der Waals surface area contributed by atoms with Gasteiger partial charge in [-0.15, -0.1) is 11.3 Å². The van der Waals surface area contributed by atoms with Crippen LogP contribution in [-0.2, 0) is 4.74 Å². The van der Waals surface area contributed by atoms with Crippen molar-refractivity contribution in [2.75, 3.05) is 32.0 Å². The van der Waals surface area contributed by atoms with Crippen LogP contribution < -0.4 is 20.1 Å². The zero-order valence-electron chi connectivity index (χ0n) is 18.9. The van der Waals surface area contributed by atoms with Gasteiger partial charge in [-0.25, -0.2) is 4.79 Å². The van der Waals surface area contributed by atoms with Gasteiger partial charge in [-0.2, -0.15) is 0 Å². The Labute approximate surface area is 195 Å². The number of anilines is 2. The number of carbonyl (C=O) groups excluding carboxylic acids is 3. The molecule has 2 aromatic carbocycles. The molecule has 1 aromatic heterocycles. The summed E-state index contributed by atoms with van der Waals surface area (Å²) in [5.74, 6) is -0.525. The number of ether oxygens (including phenoxy) is 3. The molecule has 0 saturated heterocycles. The fraction of sp³-hybridized carbons (Fsp3) is 0.208. The number of carbonyl (C=O) groups is 3. The van der Waals surface area contributed by atoms with Crippen molar-refractivity contribution < 1.29 is 28.6 Å². The highest BCUT2D eigenvalue weighted by Crippen LogP contribution is 2.36. The Morgan fingerprint density at radius 3 is 2.24 bits per heavy atom. The lowest BCUT2D eigenvalue weighted by Crippen LogP contribution is -2.15. The number of benzene rings is 2. The van der Waals surface area contributed by atoms with Crippen molar-refractivity contribution in [1.29, 1.82) is 0 Å². The van der Waals surface area contributed by atoms with Crippen molar-refractivity contribution in [1.82, 2.24) is 0 Å². The van der Waals surface area contributed by atoms with E-state index in [0.29, 0.717) is 28.3 Å². The Balaban J connectivity index is 1.98. The van der Waals surface area contributed by atoms with Crippen LogP contribution in [0.4, 0.5) is 10.7 Å². The maximum Gasteiger partial charge on any atom is 0.341 e. The molecule has 9 heteroatoms. The zero-order chi connectivity index (χ0) is 24.1. The summed E-state index contributed by atoms with van der Waals surface area (Å²) in [7, 11) is 4.25. The SMILES string of the molecule is COC(=O)c1c(NC(=O)c2ccccc2C)sc(C(=O)Nc2cc(OC)ccc2OC)c1C. The summed E-state index contributed by atoms with van der Waals surface area (Å²) in [6.45, 7) is 3.44. The first-order valence-electron chi connectivity index (χ1n) is 9.92. The number of esters is 1. The predicted octanol–water partition coefficient (Wildman–Crippen LogP) is 4.67. The molecule has 0 aliphatic carbocycles. The van der Waals surface area contributed by atoms with Gasteiger partial charge in [0.05, 0.1) is 37.5 Å². The molecule has 0 aliphatic heterocycles. The summed E-state index contributed by atoms with van der Waals surface area (Å²) in [6.07, 6.45) is 0. The van der Waals surface area contributed by atoms with Gasteiger partial charge in [0, 0.05) is 11.6 Å². The summed E-state index contributed by atoms with van der Waals surface area (Å²) < 4.78 is 15.4. The van der Waals surface area contributed by atoms with Crippen molar-refractivity contribution in [3.63, 3.8) is 0 Å². The van der Waals surface area contributed by atoms with E-state index in [-0.39, 0.29) is 21.3 Å². The number of rotatable bonds is 7. The van der Waals surface area contributed by atoms with Crippen LogP contribution in [0, 0.1) is 13.8 Å². The molecule has 2 amide bonds. The van der Waals surface area contributed by atoms with Gasteiger partial charge in [-0.1, -0.05) is 18.2 Å². The van der Waals surface area contributed by atoms with E-state index >= 15 is 0 Å². The summed E-state index contributed by atoms with van der Waals surface area (Å²) in [5.41, 5.74) is 2.18. The van der Waals surface area contributed by atoms with Gasteiger partial charge in [0.2, 0.25) is 0 Å². The van der Waals surface area contributed by atoms with Crippen molar-refractivity contribution in [3.8, 4) is 11.5 Å². The van der Waals surface area contributed by atoms with Crippen LogP contribution >= 0.6 is 11.3 Å². The maximum atomic E-state index is 13.1. The second-order valence-electron chi connectivity index (χ2n) is 7.04. The van der Waals surface area contributed by atoms with Crippen LogP contribution in [-0.4, -0.2) is 39.1 Å². The smallest absolute Gasteiger partial charge is 0.341 e. The van der Waals surface area contributed by atoms with E-state index in [0.717, 1.165) is 16.9 Å². The van der Waals surface area contributed by atoms with Crippen LogP contribution in [0.2, 0.25) is 0 Å². The summed E-state index contributed by atoms with van der Waals surface area (Å²) in [4.78, 5) is 38.7. The highest BCUT2D eigenvalue weighted by molar-refractivity contribution is 7.19. The molecule has 0 spiro atoms. The number of aryl methyl sites for hydroxylation is 1. The molecule has 0 aliphatic rings. The Bertz CT molecular complexity index is 1220. The first kappa shape index (κ1) is 23.8. The second kappa shape index (κ2) is 10.2. The predicted molar refractivity (Wildman–Crippen MR) is 127 cm³/mol. The number of thiophene rings is 1. The third-order valence-electron chi connectivity index (χ3n) is 5.01. The number of amides is 2. The molecule has 3 rings (SSSR count). The molecule has 172 valence electrons. The Kier molecular flexibility index (Phi) is 7.34. The van der Waals surface area contributed by atoms with E-state index in [2.05, 4.69) is 10.6 Å². The maximum absolute atomic E-state index is 13.1. The number of nitrogens with one attached hydrogen (secondary N) is 2. The van der Waals surface area contributed by atoms with Crippen molar-refractivity contribution in [2.45, 2.75) is 13.8 Å². The van der Waals surface area contributed by atoms with Crippen LogP contribution in [0.5, 0.6) is 11.5 Å². The normalized spacial score (nSPS) is 10.3. The molecule has 0 radical (unpaired) electrons. The highest BCUT2D eigenvalue weighted by atomic mass is 32.1. The lowest BCUT2D eigenvalue weighted by molar-refractivity contribution is 0.0601. The highest BCUT2D eigenvalue weighted by Gasteiger charge is 2.27. The molecule has 0 saturated carbocycles. The van der Waals surface area contributed by atoms with E-state index in [1.54, 1.807) is 37.3 Å². The van der Waals surface area contributed by atoms with E-state index in [1.165, 1.54) is 21.3 Å². The molecule has 33 heavy (non-hydrogen) atoms. The second-order valence-corrected chi connectivity index (χ2v) is 8.06. The first-order chi connectivity index (χ1) is 15.8. The van der Waals surface area contributed by atoms with Gasteiger partial charge in [-0.3, -0.25) is 9.59 Å². The first-order valence-corrected chi connectivity index (χ1v) is 10.7. The Morgan fingerprint density at radius 2 is 1.61 bits per heavy atom. The van der Waals surface area contributed by atoms with E-state index in [4.69, 9.17) is 14.2 Å². The standard InChI is InChI=1S/C24H24N2O6S/c1-13-8-6-7-9-16(13)21(27)26-23-19(24(29)32-5)14(2)20(33-23)22(28)25-17-12-15(30-3)10-11-18(17)31-4/h6-12H,1-5H3,(H,25,28)(H,26,27). The Hall–Kier alpha value is -3.85. The third-order valence-corrected chi connectivity index (χ3v) is 6.22. The number of hydrogen-bond donors (Lipinski definition) is 2. The van der Waals surface area contributed by atoms with Gasteiger partial charge in [0.1, 0.15) is 16.5 Å². The lowest BCUT2D eigenvalue weighted by Gasteiger charge is -2.11. The quantitative estimate of drug-likeness (QED) is 0.489. The lowest BCUT2D eigenvalue weighted by atomic mass is 10.1. The van der Waals surface area contributed by atoms with Gasteiger partial charge >= 0.3 is 5.97 Å².